The molecule has 2 aromatic carbocycles. The SMILES string of the molecule is CCOC(=O)C1=C(O)C(=O)N(c2ccc([N+](=O)[O-])cc2)[C@@H]1c1ccc(F)cc1. The Balaban J connectivity index is 2.12. The molecule has 1 aliphatic heterocycles. The summed E-state index contributed by atoms with van der Waals surface area (Å²) in [6, 6.07) is 9.05. The van der Waals surface area contributed by atoms with Crippen LogP contribution >= 0.6 is 0 Å². The summed E-state index contributed by atoms with van der Waals surface area (Å²) < 4.78 is 18.3. The highest BCUT2D eigenvalue weighted by atomic mass is 19.1. The van der Waals surface area contributed by atoms with Gasteiger partial charge >= 0.3 is 5.97 Å². The van der Waals surface area contributed by atoms with Crippen LogP contribution < -0.4 is 4.90 Å². The molecule has 0 aliphatic carbocycles. The van der Waals surface area contributed by atoms with Gasteiger partial charge in [0.2, 0.25) is 0 Å². The maximum Gasteiger partial charge on any atom is 0.340 e. The van der Waals surface area contributed by atoms with Crippen LogP contribution in [-0.2, 0) is 14.3 Å². The van der Waals surface area contributed by atoms with Crippen molar-refractivity contribution in [2.45, 2.75) is 13.0 Å². The van der Waals surface area contributed by atoms with Gasteiger partial charge in [-0.25, -0.2) is 9.18 Å². The molecule has 1 aliphatic rings. The lowest BCUT2D eigenvalue weighted by Crippen LogP contribution is -2.31. The van der Waals surface area contributed by atoms with E-state index in [4.69, 9.17) is 4.74 Å². The first-order valence-electron chi connectivity index (χ1n) is 8.28. The first-order valence-corrected chi connectivity index (χ1v) is 8.28. The molecule has 9 heteroatoms. The topological polar surface area (TPSA) is 110 Å². The molecule has 0 radical (unpaired) electrons. The molecule has 144 valence electrons. The van der Waals surface area contributed by atoms with Crippen molar-refractivity contribution in [2.75, 3.05) is 11.5 Å². The van der Waals surface area contributed by atoms with E-state index in [1.807, 2.05) is 0 Å². The summed E-state index contributed by atoms with van der Waals surface area (Å²) in [4.78, 5) is 36.5. The number of anilines is 1. The summed E-state index contributed by atoms with van der Waals surface area (Å²) in [5.74, 6) is -3.05. The second-order valence-electron chi connectivity index (χ2n) is 5.89. The molecule has 0 fully saturated rings. The van der Waals surface area contributed by atoms with E-state index in [1.165, 1.54) is 36.4 Å². The molecule has 3 rings (SSSR count). The maximum absolute atomic E-state index is 13.3. The molecule has 0 bridgehead atoms. The van der Waals surface area contributed by atoms with Gasteiger partial charge in [0.05, 0.1) is 17.6 Å². The summed E-state index contributed by atoms with van der Waals surface area (Å²) in [6.07, 6.45) is 0. The lowest BCUT2D eigenvalue weighted by Gasteiger charge is -2.26. The minimum Gasteiger partial charge on any atom is -0.503 e. The number of hydrogen-bond donors (Lipinski definition) is 1. The van der Waals surface area contributed by atoms with Crippen molar-refractivity contribution in [3.8, 4) is 0 Å². The Morgan fingerprint density at radius 1 is 1.21 bits per heavy atom. The summed E-state index contributed by atoms with van der Waals surface area (Å²) in [6.45, 7) is 1.60. The summed E-state index contributed by atoms with van der Waals surface area (Å²) >= 11 is 0. The fourth-order valence-electron chi connectivity index (χ4n) is 2.98. The number of nitro benzene ring substituents is 1. The van der Waals surface area contributed by atoms with E-state index in [0.717, 1.165) is 17.0 Å². The largest absolute Gasteiger partial charge is 0.503 e. The molecule has 0 aromatic heterocycles. The third-order valence-corrected chi connectivity index (χ3v) is 4.23. The predicted molar refractivity (Wildman–Crippen MR) is 96.0 cm³/mol. The van der Waals surface area contributed by atoms with Gasteiger partial charge in [-0.1, -0.05) is 12.1 Å². The first kappa shape index (κ1) is 19.0. The Hall–Kier alpha value is -3.75. The lowest BCUT2D eigenvalue weighted by molar-refractivity contribution is -0.384. The number of halogens is 1. The van der Waals surface area contributed by atoms with E-state index in [9.17, 15) is 29.2 Å². The number of nitro groups is 1. The van der Waals surface area contributed by atoms with Crippen molar-refractivity contribution in [1.82, 2.24) is 0 Å². The minimum absolute atomic E-state index is 0.0253. The lowest BCUT2D eigenvalue weighted by atomic mass is 9.99. The smallest absolute Gasteiger partial charge is 0.340 e. The van der Waals surface area contributed by atoms with Crippen molar-refractivity contribution in [2.24, 2.45) is 0 Å². The van der Waals surface area contributed by atoms with E-state index in [-0.39, 0.29) is 23.6 Å². The summed E-state index contributed by atoms with van der Waals surface area (Å²) in [7, 11) is 0. The molecular formula is C19H15FN2O6. The zero-order valence-electron chi connectivity index (χ0n) is 14.7. The molecule has 2 aromatic rings. The third-order valence-electron chi connectivity index (χ3n) is 4.23. The molecule has 1 atom stereocenters. The van der Waals surface area contributed by atoms with E-state index in [1.54, 1.807) is 6.92 Å². The van der Waals surface area contributed by atoms with Crippen LogP contribution in [0.1, 0.15) is 18.5 Å². The average Bonchev–Trinajstić information content (AvgIpc) is 2.94. The normalized spacial score (nSPS) is 16.4. The standard InChI is InChI=1S/C19H15FN2O6/c1-2-28-19(25)15-16(11-3-5-12(20)6-4-11)21(18(24)17(15)23)13-7-9-14(10-8-13)22(26)27/h3-10,16,23H,2H2,1H3/t16-/m1/s1. The van der Waals surface area contributed by atoms with Gasteiger partial charge in [0, 0.05) is 17.8 Å². The number of non-ortho nitro benzene ring substituents is 1. The first-order chi connectivity index (χ1) is 13.3. The highest BCUT2D eigenvalue weighted by molar-refractivity contribution is 6.15. The Morgan fingerprint density at radius 2 is 1.82 bits per heavy atom. The monoisotopic (exact) mass is 386 g/mol. The predicted octanol–water partition coefficient (Wildman–Crippen LogP) is 3.20. The van der Waals surface area contributed by atoms with Crippen LogP contribution in [0.15, 0.2) is 59.9 Å². The maximum atomic E-state index is 13.3. The number of carbonyl (C=O) groups excluding carboxylic acids is 2. The zero-order valence-corrected chi connectivity index (χ0v) is 14.7. The molecule has 1 N–H and O–H groups in total. The highest BCUT2D eigenvalue weighted by Crippen LogP contribution is 2.41. The van der Waals surface area contributed by atoms with Crippen molar-refractivity contribution in [3.05, 3.63) is 81.4 Å². The quantitative estimate of drug-likeness (QED) is 0.480. The Morgan fingerprint density at radius 3 is 2.36 bits per heavy atom. The second-order valence-corrected chi connectivity index (χ2v) is 5.89. The Bertz CT molecular complexity index is 969. The number of nitrogens with zero attached hydrogens (tertiary/aromatic N) is 2. The van der Waals surface area contributed by atoms with Gasteiger partial charge in [-0.05, 0) is 36.8 Å². The fourth-order valence-corrected chi connectivity index (χ4v) is 2.98. The van der Waals surface area contributed by atoms with Crippen molar-refractivity contribution < 1.29 is 28.7 Å². The van der Waals surface area contributed by atoms with Gasteiger partial charge in [0.1, 0.15) is 11.4 Å². The molecule has 0 spiro atoms. The number of aliphatic hydroxyl groups excluding tert-OH is 1. The van der Waals surface area contributed by atoms with Crippen LogP contribution in [0, 0.1) is 15.9 Å². The van der Waals surface area contributed by atoms with Crippen LogP contribution in [-0.4, -0.2) is 28.5 Å². The molecule has 0 saturated carbocycles. The van der Waals surface area contributed by atoms with E-state index in [2.05, 4.69) is 0 Å². The molecule has 0 saturated heterocycles. The highest BCUT2D eigenvalue weighted by Gasteiger charge is 2.45. The van der Waals surface area contributed by atoms with Crippen molar-refractivity contribution in [1.29, 1.82) is 0 Å². The Kier molecular flexibility index (Phi) is 5.08. The second kappa shape index (κ2) is 7.47. The van der Waals surface area contributed by atoms with Crippen LogP contribution in [0.4, 0.5) is 15.8 Å². The number of hydrogen-bond acceptors (Lipinski definition) is 6. The number of benzene rings is 2. The molecule has 1 heterocycles. The Labute approximate surface area is 158 Å². The van der Waals surface area contributed by atoms with E-state index in [0.29, 0.717) is 5.56 Å². The van der Waals surface area contributed by atoms with Gasteiger partial charge in [-0.15, -0.1) is 0 Å². The molecule has 28 heavy (non-hydrogen) atoms. The number of carbonyl (C=O) groups is 2. The zero-order chi connectivity index (χ0) is 20.4. The van der Waals surface area contributed by atoms with Crippen LogP contribution in [0.5, 0.6) is 0 Å². The van der Waals surface area contributed by atoms with Gasteiger partial charge in [0.15, 0.2) is 5.76 Å². The van der Waals surface area contributed by atoms with Crippen molar-refractivity contribution >= 4 is 23.3 Å². The van der Waals surface area contributed by atoms with Gasteiger partial charge in [0.25, 0.3) is 11.6 Å². The van der Waals surface area contributed by atoms with Gasteiger partial charge in [-0.3, -0.25) is 19.8 Å². The minimum atomic E-state index is -1.08. The van der Waals surface area contributed by atoms with Crippen LogP contribution in [0.3, 0.4) is 0 Å². The molecule has 1 amide bonds. The molecular weight excluding hydrogens is 371 g/mol. The number of rotatable bonds is 5. The van der Waals surface area contributed by atoms with Crippen molar-refractivity contribution in [3.63, 3.8) is 0 Å². The fraction of sp³-hybridized carbons (Fsp3) is 0.158. The number of amides is 1. The third kappa shape index (κ3) is 3.29. The van der Waals surface area contributed by atoms with Crippen LogP contribution in [0.2, 0.25) is 0 Å². The summed E-state index contributed by atoms with van der Waals surface area (Å²) in [5.41, 5.74) is 0.115. The number of ether oxygens (including phenoxy) is 1. The number of aliphatic hydroxyl groups is 1. The summed E-state index contributed by atoms with van der Waals surface area (Å²) in [5, 5.41) is 21.2. The number of esters is 1. The molecule has 0 unspecified atom stereocenters. The van der Waals surface area contributed by atoms with Gasteiger partial charge < -0.3 is 9.84 Å². The molecule has 8 nitrogen and oxygen atoms in total. The van der Waals surface area contributed by atoms with E-state index >= 15 is 0 Å². The van der Waals surface area contributed by atoms with Crippen LogP contribution in [0.25, 0.3) is 0 Å². The average molecular weight is 386 g/mol. The van der Waals surface area contributed by atoms with Gasteiger partial charge in [-0.2, -0.15) is 0 Å². The van der Waals surface area contributed by atoms with E-state index < -0.39 is 34.4 Å².